The van der Waals surface area contributed by atoms with E-state index in [1.807, 2.05) is 13.8 Å². The van der Waals surface area contributed by atoms with Crippen molar-refractivity contribution >= 4 is 22.0 Å². The highest BCUT2D eigenvalue weighted by Gasteiger charge is 2.32. The lowest BCUT2D eigenvalue weighted by Gasteiger charge is -2.40. The van der Waals surface area contributed by atoms with Gasteiger partial charge in [-0.1, -0.05) is 13.8 Å². The molecule has 1 nitrogen and oxygen atoms in total. The molecule has 0 bridgehead atoms. The third-order valence-electron chi connectivity index (χ3n) is 3.29. The van der Waals surface area contributed by atoms with Gasteiger partial charge in [-0.3, -0.25) is 4.31 Å². The lowest BCUT2D eigenvalue weighted by atomic mass is 10.2. The minimum atomic E-state index is -1.95. The Morgan fingerprint density at radius 3 is 1.86 bits per heavy atom. The Balaban J connectivity index is 3.59. The van der Waals surface area contributed by atoms with Gasteiger partial charge < -0.3 is 0 Å². The molecule has 0 aliphatic rings. The molecule has 1 rings (SSSR count). The number of hydrogen-bond donors (Lipinski definition) is 0. The maximum atomic E-state index is 14.3. The maximum Gasteiger partial charge on any atom is 0.198 e. The van der Waals surface area contributed by atoms with Crippen LogP contribution in [0.5, 0.6) is 0 Å². The monoisotopic (exact) mass is 343 g/mol. The average molecular weight is 343 g/mol. The van der Waals surface area contributed by atoms with Crippen LogP contribution in [0.1, 0.15) is 19.4 Å². The van der Waals surface area contributed by atoms with E-state index in [0.717, 1.165) is 0 Å². The van der Waals surface area contributed by atoms with Gasteiger partial charge in [0.2, 0.25) is 0 Å². The maximum absolute atomic E-state index is 14.3. The van der Waals surface area contributed by atoms with E-state index in [-0.39, 0.29) is 21.5 Å². The van der Waals surface area contributed by atoms with Crippen LogP contribution in [-0.2, 0) is 5.75 Å². The summed E-state index contributed by atoms with van der Waals surface area (Å²) in [4.78, 5) is -0.0444. The Morgan fingerprint density at radius 1 is 0.952 bits per heavy atom. The summed E-state index contributed by atoms with van der Waals surface area (Å²) in [6.45, 7) is 3.81. The van der Waals surface area contributed by atoms with Crippen LogP contribution in [0.25, 0.3) is 0 Å². The zero-order valence-electron chi connectivity index (χ0n) is 13.1. The van der Waals surface area contributed by atoms with E-state index in [0.29, 0.717) is 0 Å². The summed E-state index contributed by atoms with van der Waals surface area (Å²) in [6, 6.07) is 0. The largest absolute Gasteiger partial charge is 0.270 e. The zero-order valence-corrected chi connectivity index (χ0v) is 14.7. The molecule has 0 aromatic heterocycles. The second kappa shape index (κ2) is 6.79. The molecular formula is C14H21F4NS2. The van der Waals surface area contributed by atoms with Crippen molar-refractivity contribution in [1.82, 2.24) is 4.31 Å². The fraction of sp³-hybridized carbons (Fsp3) is 0.571. The quantitative estimate of drug-likeness (QED) is 0.430. The molecule has 1 aromatic carbocycles. The standard InChI is InChI=1S/C14H21F4NS2/c1-8(2)20-7-9-10(15)11(16)12(17)13(18)14(9)21(5,6)19(3)4/h8H,7H2,1-6H3. The highest BCUT2D eigenvalue weighted by atomic mass is 32.3. The van der Waals surface area contributed by atoms with Gasteiger partial charge in [0, 0.05) is 16.2 Å². The van der Waals surface area contributed by atoms with Gasteiger partial charge in [0.25, 0.3) is 0 Å². The number of benzene rings is 1. The van der Waals surface area contributed by atoms with Crippen molar-refractivity contribution in [2.75, 3.05) is 26.6 Å². The minimum Gasteiger partial charge on any atom is -0.270 e. The van der Waals surface area contributed by atoms with Crippen molar-refractivity contribution in [2.24, 2.45) is 0 Å². The van der Waals surface area contributed by atoms with Gasteiger partial charge in [0.1, 0.15) is 0 Å². The number of hydrogen-bond acceptors (Lipinski definition) is 2. The molecular weight excluding hydrogens is 322 g/mol. The zero-order chi connectivity index (χ0) is 16.5. The van der Waals surface area contributed by atoms with Crippen LogP contribution in [0.3, 0.4) is 0 Å². The number of thioether (sulfide) groups is 1. The van der Waals surface area contributed by atoms with Crippen molar-refractivity contribution in [3.8, 4) is 0 Å². The predicted molar refractivity (Wildman–Crippen MR) is 84.1 cm³/mol. The molecule has 0 fully saturated rings. The Hall–Kier alpha value is -0.400. The Kier molecular flexibility index (Phi) is 6.03. The van der Waals surface area contributed by atoms with E-state index in [1.165, 1.54) is 11.8 Å². The molecule has 21 heavy (non-hydrogen) atoms. The molecule has 0 radical (unpaired) electrons. The van der Waals surface area contributed by atoms with Gasteiger partial charge in [0.15, 0.2) is 23.3 Å². The minimum absolute atomic E-state index is 0.0444. The summed E-state index contributed by atoms with van der Waals surface area (Å²) in [5.74, 6) is -5.91. The molecule has 0 amide bonds. The summed E-state index contributed by atoms with van der Waals surface area (Å²) < 4.78 is 57.3. The van der Waals surface area contributed by atoms with Crippen molar-refractivity contribution in [2.45, 2.75) is 29.7 Å². The normalized spacial score (nSPS) is 13.3. The lowest BCUT2D eigenvalue weighted by Crippen LogP contribution is -2.22. The van der Waals surface area contributed by atoms with Crippen molar-refractivity contribution in [1.29, 1.82) is 0 Å². The number of halogens is 4. The van der Waals surface area contributed by atoms with E-state index < -0.39 is 33.5 Å². The molecule has 0 N–H and O–H groups in total. The first-order valence-electron chi connectivity index (χ1n) is 6.39. The number of nitrogens with zero attached hydrogens (tertiary/aromatic N) is 1. The Bertz CT molecular complexity index is 530. The van der Waals surface area contributed by atoms with Crippen LogP contribution < -0.4 is 0 Å². The van der Waals surface area contributed by atoms with Crippen LogP contribution in [0.4, 0.5) is 17.6 Å². The number of rotatable bonds is 5. The van der Waals surface area contributed by atoms with Gasteiger partial charge in [-0.05, 0) is 31.9 Å². The molecule has 1 aromatic rings. The third-order valence-corrected chi connectivity index (χ3v) is 7.66. The van der Waals surface area contributed by atoms with Gasteiger partial charge in [-0.15, -0.1) is 0 Å². The molecule has 0 unspecified atom stereocenters. The summed E-state index contributed by atoms with van der Waals surface area (Å²) in [5, 5.41) is 0.172. The highest BCUT2D eigenvalue weighted by Crippen LogP contribution is 2.55. The van der Waals surface area contributed by atoms with Crippen LogP contribution >= 0.6 is 22.0 Å². The van der Waals surface area contributed by atoms with Crippen LogP contribution in [-0.4, -0.2) is 36.2 Å². The van der Waals surface area contributed by atoms with Crippen molar-refractivity contribution in [3.63, 3.8) is 0 Å². The molecule has 7 heteroatoms. The molecule has 0 atom stereocenters. The summed E-state index contributed by atoms with van der Waals surface area (Å²) >= 11 is 1.36. The topological polar surface area (TPSA) is 3.24 Å². The highest BCUT2D eigenvalue weighted by molar-refractivity contribution is 8.30. The van der Waals surface area contributed by atoms with Crippen LogP contribution in [0, 0.1) is 23.3 Å². The van der Waals surface area contributed by atoms with E-state index in [4.69, 9.17) is 0 Å². The van der Waals surface area contributed by atoms with Crippen LogP contribution in [0.2, 0.25) is 0 Å². The molecule has 0 spiro atoms. The molecule has 0 aliphatic heterocycles. The fourth-order valence-electron chi connectivity index (χ4n) is 1.74. The van der Waals surface area contributed by atoms with Gasteiger partial charge in [0.05, 0.1) is 0 Å². The van der Waals surface area contributed by atoms with Crippen LogP contribution in [0.15, 0.2) is 4.90 Å². The van der Waals surface area contributed by atoms with E-state index in [9.17, 15) is 17.6 Å². The molecule has 0 saturated heterocycles. The molecule has 0 heterocycles. The Morgan fingerprint density at radius 2 is 1.43 bits per heavy atom. The SMILES string of the molecule is CC(C)SCc1c(F)c(F)c(F)c(F)c1S(C)(C)N(C)C. The predicted octanol–water partition coefficient (Wildman–Crippen LogP) is 4.78. The smallest absolute Gasteiger partial charge is 0.198 e. The first-order valence-corrected chi connectivity index (χ1v) is 9.84. The first-order chi connectivity index (χ1) is 9.51. The molecule has 122 valence electrons. The van der Waals surface area contributed by atoms with Gasteiger partial charge >= 0.3 is 0 Å². The fourth-order valence-corrected chi connectivity index (χ4v) is 4.26. The van der Waals surface area contributed by atoms with E-state index in [1.54, 1.807) is 30.9 Å². The molecule has 0 saturated carbocycles. The first kappa shape index (κ1) is 18.6. The van der Waals surface area contributed by atoms with Crippen molar-refractivity contribution < 1.29 is 17.6 Å². The lowest BCUT2D eigenvalue weighted by molar-refractivity contribution is 0.392. The third kappa shape index (κ3) is 3.68. The van der Waals surface area contributed by atoms with Gasteiger partial charge in [-0.25, -0.2) is 17.6 Å². The summed E-state index contributed by atoms with van der Waals surface area (Å²) in [6.07, 6.45) is 3.46. The van der Waals surface area contributed by atoms with E-state index in [2.05, 4.69) is 0 Å². The Labute approximate surface area is 129 Å². The van der Waals surface area contributed by atoms with Crippen molar-refractivity contribution in [3.05, 3.63) is 28.8 Å². The van der Waals surface area contributed by atoms with E-state index >= 15 is 0 Å². The average Bonchev–Trinajstić information content (AvgIpc) is 2.38. The summed E-state index contributed by atoms with van der Waals surface area (Å²) in [5.41, 5.74) is -0.0706. The second-order valence-corrected chi connectivity index (χ2v) is 10.8. The molecule has 0 aliphatic carbocycles. The second-order valence-electron chi connectivity index (χ2n) is 5.51. The summed E-state index contributed by atoms with van der Waals surface area (Å²) in [7, 11) is 1.48. The van der Waals surface area contributed by atoms with Gasteiger partial charge in [-0.2, -0.15) is 22.0 Å².